The molecule has 2 aliphatic rings. The normalized spacial score (nSPS) is 22.7. The summed E-state index contributed by atoms with van der Waals surface area (Å²) in [5.74, 6) is 0.214. The Morgan fingerprint density at radius 3 is 2.47 bits per heavy atom. The van der Waals surface area contributed by atoms with Crippen LogP contribution in [-0.2, 0) is 10.0 Å². The van der Waals surface area contributed by atoms with Crippen LogP contribution in [-0.4, -0.2) is 44.7 Å². The number of anilines is 1. The predicted molar refractivity (Wildman–Crippen MR) is 76.7 cm³/mol. The Morgan fingerprint density at radius 1 is 1.16 bits per heavy atom. The molecule has 3 rings (SSSR count). The van der Waals surface area contributed by atoms with E-state index >= 15 is 0 Å². The van der Waals surface area contributed by atoms with Crippen molar-refractivity contribution in [3.63, 3.8) is 0 Å². The van der Waals surface area contributed by atoms with Gasteiger partial charge in [0.15, 0.2) is 0 Å². The topological polar surface area (TPSA) is 40.6 Å². The van der Waals surface area contributed by atoms with Crippen LogP contribution in [0.15, 0.2) is 30.3 Å². The van der Waals surface area contributed by atoms with E-state index in [2.05, 4.69) is 29.2 Å². The first-order chi connectivity index (χ1) is 9.05. The zero-order valence-electron chi connectivity index (χ0n) is 11.2. The van der Waals surface area contributed by atoms with Gasteiger partial charge < -0.3 is 4.90 Å². The Labute approximate surface area is 115 Å². The lowest BCUT2D eigenvalue weighted by atomic mass is 9.81. The predicted octanol–water partition coefficient (Wildman–Crippen LogP) is 1.55. The highest BCUT2D eigenvalue weighted by molar-refractivity contribution is 7.89. The highest BCUT2D eigenvalue weighted by Gasteiger charge is 2.50. The standard InChI is InChI=1S/C14H20N2O2S/c1-2-19(17,18)16-11-14(12-16)8-9-15(10-14)13-6-4-3-5-7-13/h3-7H,2,8-12H2,1H3. The van der Waals surface area contributed by atoms with E-state index < -0.39 is 10.0 Å². The molecule has 19 heavy (non-hydrogen) atoms. The second-order valence-electron chi connectivity index (χ2n) is 5.68. The minimum atomic E-state index is -2.99. The van der Waals surface area contributed by atoms with E-state index in [0.717, 1.165) is 19.5 Å². The fourth-order valence-electron chi connectivity index (χ4n) is 3.13. The van der Waals surface area contributed by atoms with Crippen LogP contribution < -0.4 is 4.90 Å². The minimum Gasteiger partial charge on any atom is -0.371 e. The molecule has 4 nitrogen and oxygen atoms in total. The Balaban J connectivity index is 1.66. The first-order valence-corrected chi connectivity index (χ1v) is 8.43. The van der Waals surface area contributed by atoms with E-state index in [9.17, 15) is 8.42 Å². The molecule has 1 aromatic carbocycles. The highest BCUT2D eigenvalue weighted by Crippen LogP contribution is 2.42. The van der Waals surface area contributed by atoms with Crippen molar-refractivity contribution < 1.29 is 8.42 Å². The van der Waals surface area contributed by atoms with Gasteiger partial charge in [-0.05, 0) is 25.5 Å². The molecule has 0 aliphatic carbocycles. The summed E-state index contributed by atoms with van der Waals surface area (Å²) in [5, 5.41) is 0. The summed E-state index contributed by atoms with van der Waals surface area (Å²) in [5.41, 5.74) is 1.44. The quantitative estimate of drug-likeness (QED) is 0.843. The molecule has 0 saturated carbocycles. The summed E-state index contributed by atoms with van der Waals surface area (Å²) in [6, 6.07) is 10.4. The summed E-state index contributed by atoms with van der Waals surface area (Å²) in [4.78, 5) is 2.37. The fraction of sp³-hybridized carbons (Fsp3) is 0.571. The minimum absolute atomic E-state index is 0.193. The molecule has 2 aliphatic heterocycles. The van der Waals surface area contributed by atoms with Gasteiger partial charge in [-0.2, -0.15) is 0 Å². The average molecular weight is 280 g/mol. The fourth-order valence-corrected chi connectivity index (χ4v) is 4.44. The van der Waals surface area contributed by atoms with Gasteiger partial charge in [0.2, 0.25) is 10.0 Å². The van der Waals surface area contributed by atoms with Gasteiger partial charge in [-0.1, -0.05) is 18.2 Å². The number of hydrogen-bond donors (Lipinski definition) is 0. The van der Waals surface area contributed by atoms with Crippen LogP contribution in [0.4, 0.5) is 5.69 Å². The van der Waals surface area contributed by atoms with E-state index in [1.54, 1.807) is 11.2 Å². The molecule has 2 fully saturated rings. The molecule has 0 bridgehead atoms. The maximum atomic E-state index is 11.8. The number of rotatable bonds is 3. The number of nitrogens with zero attached hydrogens (tertiary/aromatic N) is 2. The van der Waals surface area contributed by atoms with E-state index in [0.29, 0.717) is 13.1 Å². The molecule has 0 radical (unpaired) electrons. The Bertz CT molecular complexity index is 550. The molecule has 0 unspecified atom stereocenters. The zero-order chi connectivity index (χ0) is 13.5. The summed E-state index contributed by atoms with van der Waals surface area (Å²) in [6.07, 6.45) is 1.09. The first-order valence-electron chi connectivity index (χ1n) is 6.83. The maximum Gasteiger partial charge on any atom is 0.213 e. The van der Waals surface area contributed by atoms with Crippen molar-refractivity contribution in [3.05, 3.63) is 30.3 Å². The van der Waals surface area contributed by atoms with Gasteiger partial charge in [-0.25, -0.2) is 12.7 Å². The first kappa shape index (κ1) is 12.9. The number of para-hydroxylation sites is 1. The van der Waals surface area contributed by atoms with Gasteiger partial charge >= 0.3 is 0 Å². The summed E-state index contributed by atoms with van der Waals surface area (Å²) in [6.45, 7) is 5.13. The van der Waals surface area contributed by atoms with Crippen molar-refractivity contribution in [2.24, 2.45) is 5.41 Å². The maximum absolute atomic E-state index is 11.8. The number of hydrogen-bond acceptors (Lipinski definition) is 3. The van der Waals surface area contributed by atoms with Gasteiger partial charge in [0.25, 0.3) is 0 Å². The van der Waals surface area contributed by atoms with Crippen LogP contribution in [0.25, 0.3) is 0 Å². The summed E-state index contributed by atoms with van der Waals surface area (Å²) >= 11 is 0. The highest BCUT2D eigenvalue weighted by atomic mass is 32.2. The van der Waals surface area contributed by atoms with Gasteiger partial charge in [-0.15, -0.1) is 0 Å². The van der Waals surface area contributed by atoms with Crippen molar-refractivity contribution in [1.82, 2.24) is 4.31 Å². The molecule has 1 aromatic rings. The molecular formula is C14H20N2O2S. The third-order valence-corrected chi connectivity index (χ3v) is 6.12. The Kier molecular flexibility index (Phi) is 3.06. The molecular weight excluding hydrogens is 260 g/mol. The van der Waals surface area contributed by atoms with Crippen molar-refractivity contribution >= 4 is 15.7 Å². The van der Waals surface area contributed by atoms with Crippen LogP contribution in [0.1, 0.15) is 13.3 Å². The largest absolute Gasteiger partial charge is 0.371 e. The molecule has 0 atom stereocenters. The molecule has 0 amide bonds. The molecule has 0 N–H and O–H groups in total. The zero-order valence-corrected chi connectivity index (χ0v) is 12.1. The van der Waals surface area contributed by atoms with Crippen molar-refractivity contribution in [2.75, 3.05) is 36.8 Å². The number of benzene rings is 1. The lowest BCUT2D eigenvalue weighted by molar-refractivity contribution is 0.0938. The Morgan fingerprint density at radius 2 is 1.84 bits per heavy atom. The second-order valence-corrected chi connectivity index (χ2v) is 7.93. The molecule has 5 heteroatoms. The lowest BCUT2D eigenvalue weighted by Crippen LogP contribution is -2.59. The van der Waals surface area contributed by atoms with Crippen LogP contribution in [0.3, 0.4) is 0 Å². The SMILES string of the molecule is CCS(=O)(=O)N1CC2(CCN(c3ccccc3)C2)C1. The summed E-state index contributed by atoms with van der Waals surface area (Å²) in [7, 11) is -2.99. The van der Waals surface area contributed by atoms with E-state index in [1.807, 2.05) is 6.07 Å². The van der Waals surface area contributed by atoms with Gasteiger partial charge in [0, 0.05) is 37.3 Å². The van der Waals surface area contributed by atoms with E-state index in [-0.39, 0.29) is 11.2 Å². The van der Waals surface area contributed by atoms with Crippen LogP contribution in [0.5, 0.6) is 0 Å². The van der Waals surface area contributed by atoms with Crippen molar-refractivity contribution in [3.8, 4) is 0 Å². The Hall–Kier alpha value is -1.07. The van der Waals surface area contributed by atoms with E-state index in [4.69, 9.17) is 0 Å². The van der Waals surface area contributed by atoms with Gasteiger partial charge in [0.1, 0.15) is 0 Å². The molecule has 0 aromatic heterocycles. The van der Waals surface area contributed by atoms with Crippen LogP contribution in [0, 0.1) is 5.41 Å². The molecule has 1 spiro atoms. The monoisotopic (exact) mass is 280 g/mol. The second kappa shape index (κ2) is 4.49. The van der Waals surface area contributed by atoms with E-state index in [1.165, 1.54) is 5.69 Å². The van der Waals surface area contributed by atoms with Gasteiger partial charge in [-0.3, -0.25) is 0 Å². The van der Waals surface area contributed by atoms with Crippen molar-refractivity contribution in [1.29, 1.82) is 0 Å². The third kappa shape index (κ3) is 2.25. The van der Waals surface area contributed by atoms with Crippen LogP contribution >= 0.6 is 0 Å². The molecule has 104 valence electrons. The number of sulfonamides is 1. The van der Waals surface area contributed by atoms with Crippen molar-refractivity contribution in [2.45, 2.75) is 13.3 Å². The smallest absolute Gasteiger partial charge is 0.213 e. The lowest BCUT2D eigenvalue weighted by Gasteiger charge is -2.46. The molecule has 2 heterocycles. The summed E-state index contributed by atoms with van der Waals surface area (Å²) < 4.78 is 25.2. The van der Waals surface area contributed by atoms with Crippen LogP contribution in [0.2, 0.25) is 0 Å². The molecule has 2 saturated heterocycles. The third-order valence-electron chi connectivity index (χ3n) is 4.34. The van der Waals surface area contributed by atoms with Gasteiger partial charge in [0.05, 0.1) is 5.75 Å². The average Bonchev–Trinajstić information content (AvgIpc) is 2.83.